The lowest BCUT2D eigenvalue weighted by molar-refractivity contribution is -0.162. The van der Waals surface area contributed by atoms with Crippen LogP contribution in [0.25, 0.3) is 0 Å². The summed E-state index contributed by atoms with van der Waals surface area (Å²) >= 11 is 0. The van der Waals surface area contributed by atoms with Crippen LogP contribution in [0.4, 0.5) is 0 Å². The van der Waals surface area contributed by atoms with Crippen LogP contribution in [0.1, 0.15) is 39.5 Å². The molecule has 2 fully saturated rings. The van der Waals surface area contributed by atoms with Crippen molar-refractivity contribution in [3.05, 3.63) is 12.2 Å². The molecule has 0 spiro atoms. The van der Waals surface area contributed by atoms with Crippen molar-refractivity contribution in [1.82, 2.24) is 0 Å². The molecular formula is C15H22O5. The number of carboxylic acids is 1. The van der Waals surface area contributed by atoms with E-state index in [-0.39, 0.29) is 24.2 Å². The van der Waals surface area contributed by atoms with Gasteiger partial charge >= 0.3 is 11.9 Å². The summed E-state index contributed by atoms with van der Waals surface area (Å²) in [5.74, 6) is -1.49. The van der Waals surface area contributed by atoms with Crippen molar-refractivity contribution in [2.24, 2.45) is 17.8 Å². The second kappa shape index (κ2) is 5.20. The first-order valence-corrected chi connectivity index (χ1v) is 7.09. The van der Waals surface area contributed by atoms with Crippen LogP contribution >= 0.6 is 0 Å². The summed E-state index contributed by atoms with van der Waals surface area (Å²) in [4.78, 5) is 22.5. The van der Waals surface area contributed by atoms with Crippen LogP contribution in [0.3, 0.4) is 0 Å². The number of rotatable bonds is 3. The molecule has 20 heavy (non-hydrogen) atoms. The van der Waals surface area contributed by atoms with Gasteiger partial charge in [0.25, 0.3) is 0 Å². The molecule has 0 bridgehead atoms. The van der Waals surface area contributed by atoms with Crippen molar-refractivity contribution < 1.29 is 24.5 Å². The molecule has 0 amide bonds. The summed E-state index contributed by atoms with van der Waals surface area (Å²) in [6.45, 7) is 7.45. The lowest BCUT2D eigenvalue weighted by Gasteiger charge is -2.38. The fraction of sp³-hybridized carbons (Fsp3) is 0.733. The molecule has 2 rings (SSSR count). The number of carbonyl (C=O) groups is 2. The van der Waals surface area contributed by atoms with Crippen molar-refractivity contribution in [1.29, 1.82) is 0 Å². The first kappa shape index (κ1) is 15.0. The highest BCUT2D eigenvalue weighted by Gasteiger charge is 2.54. The third-order valence-corrected chi connectivity index (χ3v) is 4.93. The van der Waals surface area contributed by atoms with Gasteiger partial charge < -0.3 is 14.9 Å². The van der Waals surface area contributed by atoms with Gasteiger partial charge in [0.05, 0.1) is 0 Å². The Labute approximate surface area is 118 Å². The number of carboxylic acid groups (broad SMARTS) is 1. The first-order valence-electron chi connectivity index (χ1n) is 7.09. The topological polar surface area (TPSA) is 83.8 Å². The molecule has 5 nitrogen and oxygen atoms in total. The third kappa shape index (κ3) is 2.46. The molecule has 2 N–H and O–H groups in total. The van der Waals surface area contributed by atoms with Crippen LogP contribution in [-0.2, 0) is 14.3 Å². The van der Waals surface area contributed by atoms with E-state index < -0.39 is 23.6 Å². The molecule has 0 aromatic heterocycles. The van der Waals surface area contributed by atoms with Gasteiger partial charge in [-0.05, 0) is 38.0 Å². The normalized spacial score (nSPS) is 41.0. The van der Waals surface area contributed by atoms with E-state index in [1.165, 1.54) is 0 Å². The van der Waals surface area contributed by atoms with E-state index in [2.05, 4.69) is 6.58 Å². The zero-order valence-corrected chi connectivity index (χ0v) is 12.0. The Kier molecular flexibility index (Phi) is 3.91. The molecule has 1 heterocycles. The largest absolute Gasteiger partial charge is 0.481 e. The SMILES string of the molecule is C=C1C(=O)O[C@@H]2[C@H]1CC[C@H](C)C(CCC(=O)O)C2(C)O. The highest BCUT2D eigenvalue weighted by Crippen LogP contribution is 2.47. The van der Waals surface area contributed by atoms with Crippen LogP contribution < -0.4 is 0 Å². The Balaban J connectivity index is 2.26. The van der Waals surface area contributed by atoms with Crippen LogP contribution in [0.5, 0.6) is 0 Å². The molecule has 2 unspecified atom stereocenters. The predicted molar refractivity (Wildman–Crippen MR) is 71.9 cm³/mol. The summed E-state index contributed by atoms with van der Waals surface area (Å²) < 4.78 is 5.32. The predicted octanol–water partition coefficient (Wildman–Crippen LogP) is 1.75. The minimum absolute atomic E-state index is 0.0113. The van der Waals surface area contributed by atoms with E-state index in [0.29, 0.717) is 12.0 Å². The minimum atomic E-state index is -1.22. The summed E-state index contributed by atoms with van der Waals surface area (Å²) in [5, 5.41) is 19.8. The Morgan fingerprint density at radius 2 is 2.15 bits per heavy atom. The molecule has 0 aromatic rings. The number of carbonyl (C=O) groups excluding carboxylic acids is 1. The molecule has 1 aliphatic carbocycles. The first-order chi connectivity index (χ1) is 9.25. The van der Waals surface area contributed by atoms with E-state index in [9.17, 15) is 14.7 Å². The van der Waals surface area contributed by atoms with Crippen molar-refractivity contribution in [2.75, 3.05) is 0 Å². The molecule has 0 radical (unpaired) electrons. The molecule has 5 atom stereocenters. The molecular weight excluding hydrogens is 260 g/mol. The maximum absolute atomic E-state index is 11.7. The molecule has 1 aliphatic heterocycles. The zero-order chi connectivity index (χ0) is 15.1. The van der Waals surface area contributed by atoms with Gasteiger partial charge in [0.1, 0.15) is 11.7 Å². The van der Waals surface area contributed by atoms with E-state index in [0.717, 1.165) is 12.8 Å². The molecule has 2 aliphatic rings. The summed E-state index contributed by atoms with van der Waals surface area (Å²) in [5.41, 5.74) is -0.785. The second-order valence-corrected chi connectivity index (χ2v) is 6.28. The van der Waals surface area contributed by atoms with Gasteiger partial charge in [-0.1, -0.05) is 13.5 Å². The molecule has 5 heteroatoms. The van der Waals surface area contributed by atoms with Gasteiger partial charge in [0.15, 0.2) is 0 Å². The third-order valence-electron chi connectivity index (χ3n) is 4.93. The maximum atomic E-state index is 11.7. The Morgan fingerprint density at radius 3 is 2.75 bits per heavy atom. The van der Waals surface area contributed by atoms with Gasteiger partial charge in [-0.15, -0.1) is 0 Å². The second-order valence-electron chi connectivity index (χ2n) is 6.28. The van der Waals surface area contributed by atoms with Crippen LogP contribution in [0, 0.1) is 17.8 Å². The van der Waals surface area contributed by atoms with Crippen molar-refractivity contribution in [2.45, 2.75) is 51.2 Å². The van der Waals surface area contributed by atoms with E-state index in [4.69, 9.17) is 9.84 Å². The number of hydrogen-bond donors (Lipinski definition) is 2. The summed E-state index contributed by atoms with van der Waals surface area (Å²) in [6.07, 6.45) is 1.37. The Morgan fingerprint density at radius 1 is 1.50 bits per heavy atom. The molecule has 1 saturated carbocycles. The number of esters is 1. The lowest BCUT2D eigenvalue weighted by Crippen LogP contribution is -2.49. The highest BCUT2D eigenvalue weighted by atomic mass is 16.6. The fourth-order valence-electron chi connectivity index (χ4n) is 3.75. The molecule has 0 aromatic carbocycles. The number of aliphatic carboxylic acids is 1. The van der Waals surface area contributed by atoms with Crippen LogP contribution in [-0.4, -0.2) is 33.9 Å². The number of fused-ring (bicyclic) bond motifs is 1. The van der Waals surface area contributed by atoms with Crippen LogP contribution in [0.15, 0.2) is 12.2 Å². The van der Waals surface area contributed by atoms with Gasteiger partial charge in [-0.25, -0.2) is 4.79 Å². The van der Waals surface area contributed by atoms with Crippen molar-refractivity contribution in [3.63, 3.8) is 0 Å². The average molecular weight is 282 g/mol. The van der Waals surface area contributed by atoms with Crippen LogP contribution in [0.2, 0.25) is 0 Å². The Hall–Kier alpha value is -1.36. The van der Waals surface area contributed by atoms with Gasteiger partial charge in [0.2, 0.25) is 0 Å². The number of aliphatic hydroxyl groups is 1. The van der Waals surface area contributed by atoms with Gasteiger partial charge in [-0.2, -0.15) is 0 Å². The van der Waals surface area contributed by atoms with E-state index in [1.54, 1.807) is 6.92 Å². The maximum Gasteiger partial charge on any atom is 0.334 e. The summed E-state index contributed by atoms with van der Waals surface area (Å²) in [7, 11) is 0. The monoisotopic (exact) mass is 282 g/mol. The summed E-state index contributed by atoms with van der Waals surface area (Å²) in [6, 6.07) is 0. The highest BCUT2D eigenvalue weighted by molar-refractivity contribution is 5.91. The minimum Gasteiger partial charge on any atom is -0.481 e. The molecule has 112 valence electrons. The fourth-order valence-corrected chi connectivity index (χ4v) is 3.75. The smallest absolute Gasteiger partial charge is 0.334 e. The quantitative estimate of drug-likeness (QED) is 0.608. The van der Waals surface area contributed by atoms with E-state index >= 15 is 0 Å². The van der Waals surface area contributed by atoms with E-state index in [1.807, 2.05) is 6.92 Å². The number of hydrogen-bond acceptors (Lipinski definition) is 4. The molecule has 1 saturated heterocycles. The zero-order valence-electron chi connectivity index (χ0n) is 12.0. The van der Waals surface area contributed by atoms with Gasteiger partial charge in [-0.3, -0.25) is 4.79 Å². The van der Waals surface area contributed by atoms with Crippen molar-refractivity contribution >= 4 is 11.9 Å². The Bertz CT molecular complexity index is 440. The average Bonchev–Trinajstić information content (AvgIpc) is 2.58. The lowest BCUT2D eigenvalue weighted by atomic mass is 9.74. The number of ether oxygens (including phenoxy) is 1. The van der Waals surface area contributed by atoms with Gasteiger partial charge in [0, 0.05) is 17.9 Å². The van der Waals surface area contributed by atoms with Crippen molar-refractivity contribution in [3.8, 4) is 0 Å². The standard InChI is InChI=1S/C15H22O5/c1-8-4-5-10-9(2)14(18)20-13(10)15(3,19)11(8)6-7-12(16)17/h8,10-11,13,19H,2,4-7H2,1,3H3,(H,16,17)/t8-,10-,11?,13+,15?/m0/s1.